The highest BCUT2D eigenvalue weighted by molar-refractivity contribution is 5.69. The molecule has 0 heterocycles. The van der Waals surface area contributed by atoms with Gasteiger partial charge >= 0.3 is 11.9 Å². The number of esters is 2. The van der Waals surface area contributed by atoms with Crippen LogP contribution in [-0.4, -0.2) is 46.6 Å². The van der Waals surface area contributed by atoms with Crippen molar-refractivity contribution in [1.29, 1.82) is 0 Å². The minimum absolute atomic E-state index is 0.194. The number of carbonyl (C=O) groups excluding carboxylic acids is 2. The summed E-state index contributed by atoms with van der Waals surface area (Å²) in [5, 5.41) is 20.3. The molecule has 2 aliphatic carbocycles. The topological polar surface area (TPSA) is 93.1 Å². The fourth-order valence-electron chi connectivity index (χ4n) is 4.96. The van der Waals surface area contributed by atoms with Crippen molar-refractivity contribution >= 4 is 11.9 Å². The van der Waals surface area contributed by atoms with E-state index in [1.807, 2.05) is 0 Å². The van der Waals surface area contributed by atoms with E-state index >= 15 is 0 Å². The number of aliphatic hydroxyl groups excluding tert-OH is 2. The van der Waals surface area contributed by atoms with Crippen LogP contribution >= 0.6 is 0 Å². The van der Waals surface area contributed by atoms with Gasteiger partial charge in [0.15, 0.2) is 0 Å². The van der Waals surface area contributed by atoms with Crippen molar-refractivity contribution in [3.8, 4) is 0 Å². The second-order valence-electron chi connectivity index (χ2n) is 9.29. The first-order valence-corrected chi connectivity index (χ1v) is 12.2. The summed E-state index contributed by atoms with van der Waals surface area (Å²) in [5.74, 6) is 0.580. The summed E-state index contributed by atoms with van der Waals surface area (Å²) in [6.07, 6.45) is 9.98. The third-order valence-electron chi connectivity index (χ3n) is 6.77. The molecule has 0 radical (unpaired) electrons. The van der Waals surface area contributed by atoms with Gasteiger partial charge < -0.3 is 19.7 Å². The van der Waals surface area contributed by atoms with Gasteiger partial charge in [0.05, 0.1) is 12.2 Å². The predicted molar refractivity (Wildman–Crippen MR) is 115 cm³/mol. The zero-order valence-electron chi connectivity index (χ0n) is 18.9. The summed E-state index contributed by atoms with van der Waals surface area (Å²) in [7, 11) is 0. The van der Waals surface area contributed by atoms with E-state index in [1.54, 1.807) is 6.92 Å². The lowest BCUT2D eigenvalue weighted by Crippen LogP contribution is -2.37. The van der Waals surface area contributed by atoms with E-state index in [2.05, 4.69) is 6.92 Å². The van der Waals surface area contributed by atoms with Gasteiger partial charge in [-0.3, -0.25) is 9.59 Å². The van der Waals surface area contributed by atoms with Crippen LogP contribution in [0.4, 0.5) is 0 Å². The van der Waals surface area contributed by atoms with E-state index in [9.17, 15) is 19.8 Å². The van der Waals surface area contributed by atoms with Gasteiger partial charge in [0.1, 0.15) is 12.2 Å². The fraction of sp³-hybridized carbons (Fsp3) is 0.917. The molecule has 0 bridgehead atoms. The van der Waals surface area contributed by atoms with Crippen LogP contribution in [0.5, 0.6) is 0 Å². The Kier molecular flexibility index (Phi) is 11.1. The van der Waals surface area contributed by atoms with Gasteiger partial charge in [0.2, 0.25) is 0 Å². The highest BCUT2D eigenvalue weighted by Crippen LogP contribution is 2.32. The van der Waals surface area contributed by atoms with Gasteiger partial charge in [0, 0.05) is 12.8 Å². The molecule has 0 saturated heterocycles. The lowest BCUT2D eigenvalue weighted by molar-refractivity contribution is -0.159. The van der Waals surface area contributed by atoms with Crippen LogP contribution in [0.15, 0.2) is 0 Å². The first kappa shape index (κ1) is 25.1. The van der Waals surface area contributed by atoms with Gasteiger partial charge in [-0.25, -0.2) is 0 Å². The van der Waals surface area contributed by atoms with E-state index in [1.165, 1.54) is 0 Å². The Balaban J connectivity index is 1.57. The second-order valence-corrected chi connectivity index (χ2v) is 9.29. The molecular weight excluding hydrogens is 384 g/mol. The first-order chi connectivity index (χ1) is 14.4. The monoisotopic (exact) mass is 426 g/mol. The van der Waals surface area contributed by atoms with Crippen LogP contribution in [0.2, 0.25) is 0 Å². The Labute approximate surface area is 181 Å². The SMILES string of the molecule is CCCC1CCC(OC(=O)CCCCCC2CCC(O)C(OC(=O)CC)C2)C(O)C1. The molecule has 0 spiro atoms. The smallest absolute Gasteiger partial charge is 0.306 e. The number of ether oxygens (including phenoxy) is 2. The number of rotatable bonds is 11. The standard InChI is InChI=1S/C24H42O6/c1-3-8-17-12-14-21(20(26)15-17)29-24(28)10-7-5-6-9-18-11-13-19(25)22(16-18)30-23(27)4-2/h17-22,25-26H,3-16H2,1-2H3. The molecule has 2 fully saturated rings. The maximum absolute atomic E-state index is 12.1. The normalized spacial score (nSPS) is 31.9. The number of aliphatic hydroxyl groups is 2. The van der Waals surface area contributed by atoms with E-state index in [0.717, 1.165) is 70.6 Å². The summed E-state index contributed by atoms with van der Waals surface area (Å²) < 4.78 is 10.9. The third-order valence-corrected chi connectivity index (χ3v) is 6.77. The summed E-state index contributed by atoms with van der Waals surface area (Å²) in [5.41, 5.74) is 0. The molecule has 0 aromatic carbocycles. The largest absolute Gasteiger partial charge is 0.460 e. The molecule has 174 valence electrons. The van der Waals surface area contributed by atoms with Crippen molar-refractivity contribution in [2.24, 2.45) is 11.8 Å². The Morgan fingerprint density at radius 3 is 2.17 bits per heavy atom. The van der Waals surface area contributed by atoms with Crippen molar-refractivity contribution in [2.75, 3.05) is 0 Å². The molecule has 0 aromatic heterocycles. The molecule has 2 N–H and O–H groups in total. The van der Waals surface area contributed by atoms with Gasteiger partial charge in [0.25, 0.3) is 0 Å². The average Bonchev–Trinajstić information content (AvgIpc) is 2.72. The Hall–Kier alpha value is -1.14. The highest BCUT2D eigenvalue weighted by Gasteiger charge is 2.32. The molecular formula is C24H42O6. The maximum Gasteiger partial charge on any atom is 0.306 e. The van der Waals surface area contributed by atoms with Gasteiger partial charge in [-0.15, -0.1) is 0 Å². The number of hydrogen-bond acceptors (Lipinski definition) is 6. The van der Waals surface area contributed by atoms with Crippen LogP contribution < -0.4 is 0 Å². The van der Waals surface area contributed by atoms with Crippen LogP contribution in [-0.2, 0) is 19.1 Å². The molecule has 0 amide bonds. The zero-order chi connectivity index (χ0) is 21.9. The van der Waals surface area contributed by atoms with E-state index < -0.39 is 12.2 Å². The number of hydrogen-bond donors (Lipinski definition) is 2. The Morgan fingerprint density at radius 1 is 0.767 bits per heavy atom. The minimum atomic E-state index is -0.543. The third kappa shape index (κ3) is 8.54. The van der Waals surface area contributed by atoms with Gasteiger partial charge in [-0.2, -0.15) is 0 Å². The summed E-state index contributed by atoms with van der Waals surface area (Å²) in [6, 6.07) is 0. The average molecular weight is 427 g/mol. The molecule has 6 heteroatoms. The van der Waals surface area contributed by atoms with Crippen LogP contribution in [0, 0.1) is 11.8 Å². The Morgan fingerprint density at radius 2 is 1.47 bits per heavy atom. The number of carbonyl (C=O) groups is 2. The zero-order valence-corrected chi connectivity index (χ0v) is 18.9. The van der Waals surface area contributed by atoms with E-state index in [4.69, 9.17) is 9.47 Å². The van der Waals surface area contributed by atoms with Crippen molar-refractivity contribution in [2.45, 2.75) is 128 Å². The predicted octanol–water partition coefficient (Wildman–Crippen LogP) is 4.29. The van der Waals surface area contributed by atoms with E-state index in [0.29, 0.717) is 31.1 Å². The molecule has 6 nitrogen and oxygen atoms in total. The van der Waals surface area contributed by atoms with Gasteiger partial charge in [-0.1, -0.05) is 46.0 Å². The maximum atomic E-state index is 12.1. The van der Waals surface area contributed by atoms with Crippen LogP contribution in [0.3, 0.4) is 0 Å². The quantitative estimate of drug-likeness (QED) is 0.378. The van der Waals surface area contributed by atoms with E-state index in [-0.39, 0.29) is 24.1 Å². The van der Waals surface area contributed by atoms with Crippen LogP contribution in [0.1, 0.15) is 104 Å². The molecule has 2 rings (SSSR count). The second kappa shape index (κ2) is 13.3. The van der Waals surface area contributed by atoms with Crippen molar-refractivity contribution in [1.82, 2.24) is 0 Å². The number of unbranched alkanes of at least 4 members (excludes halogenated alkanes) is 2. The van der Waals surface area contributed by atoms with Crippen LogP contribution in [0.25, 0.3) is 0 Å². The minimum Gasteiger partial charge on any atom is -0.460 e. The van der Waals surface area contributed by atoms with Crippen molar-refractivity contribution < 1.29 is 29.3 Å². The first-order valence-electron chi connectivity index (χ1n) is 12.2. The lowest BCUT2D eigenvalue weighted by atomic mass is 9.82. The Bertz CT molecular complexity index is 522. The lowest BCUT2D eigenvalue weighted by Gasteiger charge is -2.33. The van der Waals surface area contributed by atoms with Gasteiger partial charge in [-0.05, 0) is 56.8 Å². The molecule has 6 atom stereocenters. The van der Waals surface area contributed by atoms with Crippen molar-refractivity contribution in [3.05, 3.63) is 0 Å². The summed E-state index contributed by atoms with van der Waals surface area (Å²) in [6.45, 7) is 3.92. The highest BCUT2D eigenvalue weighted by atomic mass is 16.6. The molecule has 30 heavy (non-hydrogen) atoms. The summed E-state index contributed by atoms with van der Waals surface area (Å²) >= 11 is 0. The molecule has 0 aromatic rings. The molecule has 2 saturated carbocycles. The van der Waals surface area contributed by atoms with Crippen molar-refractivity contribution in [3.63, 3.8) is 0 Å². The fourth-order valence-corrected chi connectivity index (χ4v) is 4.96. The summed E-state index contributed by atoms with van der Waals surface area (Å²) in [4.78, 5) is 23.6. The molecule has 2 aliphatic rings. The molecule has 6 unspecified atom stereocenters. The molecule has 0 aliphatic heterocycles.